The molecule has 0 bridgehead atoms. The molecule has 0 aliphatic carbocycles. The Balaban J connectivity index is 0.00000180. The molecule has 1 N–H and O–H groups in total. The molecule has 3 atom stereocenters. The third-order valence-electron chi connectivity index (χ3n) is 4.48. The van der Waals surface area contributed by atoms with Crippen molar-refractivity contribution in [2.45, 2.75) is 38.6 Å². The van der Waals surface area contributed by atoms with Gasteiger partial charge in [0.2, 0.25) is 5.91 Å². The fraction of sp³-hybridized carbons (Fsp3) is 0.929. The molecule has 2 saturated heterocycles. The number of hydrogen-bond acceptors (Lipinski definition) is 3. The van der Waals surface area contributed by atoms with Gasteiger partial charge in [0, 0.05) is 20.1 Å². The van der Waals surface area contributed by atoms with Crippen LogP contribution in [0.15, 0.2) is 0 Å². The largest absolute Gasteiger partial charge is 0.379 e. The number of rotatable bonds is 4. The van der Waals surface area contributed by atoms with Crippen molar-refractivity contribution in [2.24, 2.45) is 11.8 Å². The summed E-state index contributed by atoms with van der Waals surface area (Å²) < 4.78 is 5.35. The van der Waals surface area contributed by atoms with E-state index in [1.807, 2.05) is 11.9 Å². The van der Waals surface area contributed by atoms with Crippen LogP contribution in [-0.2, 0) is 9.53 Å². The molecule has 3 unspecified atom stereocenters. The molecular weight excluding hydrogens is 264 g/mol. The number of nitrogens with one attached hydrogen (secondary N) is 1. The van der Waals surface area contributed by atoms with E-state index in [1.54, 1.807) is 0 Å². The van der Waals surface area contributed by atoms with Gasteiger partial charge in [-0.25, -0.2) is 0 Å². The molecule has 1 amide bonds. The van der Waals surface area contributed by atoms with Gasteiger partial charge in [0.1, 0.15) is 0 Å². The minimum Gasteiger partial charge on any atom is -0.379 e. The Kier molecular flexibility index (Phi) is 7.11. The Morgan fingerprint density at radius 2 is 2.26 bits per heavy atom. The molecule has 112 valence electrons. The van der Waals surface area contributed by atoms with Gasteiger partial charge in [0.05, 0.1) is 12.6 Å². The normalized spacial score (nSPS) is 28.5. The van der Waals surface area contributed by atoms with E-state index in [0.29, 0.717) is 30.9 Å². The number of halogens is 1. The predicted molar refractivity (Wildman–Crippen MR) is 78.6 cm³/mol. The summed E-state index contributed by atoms with van der Waals surface area (Å²) in [5, 5.41) is 3.43. The fourth-order valence-electron chi connectivity index (χ4n) is 2.98. The van der Waals surface area contributed by atoms with E-state index in [0.717, 1.165) is 26.1 Å². The molecule has 19 heavy (non-hydrogen) atoms. The van der Waals surface area contributed by atoms with Crippen LogP contribution in [0, 0.1) is 11.8 Å². The first-order valence-electron chi connectivity index (χ1n) is 7.22. The van der Waals surface area contributed by atoms with Crippen LogP contribution >= 0.6 is 12.4 Å². The summed E-state index contributed by atoms with van der Waals surface area (Å²) in [5.41, 5.74) is 0. The maximum atomic E-state index is 12.2. The van der Waals surface area contributed by atoms with Crippen molar-refractivity contribution in [3.8, 4) is 0 Å². The van der Waals surface area contributed by atoms with Crippen molar-refractivity contribution in [3.05, 3.63) is 0 Å². The highest BCUT2D eigenvalue weighted by Gasteiger charge is 2.27. The van der Waals surface area contributed by atoms with E-state index >= 15 is 0 Å². The summed E-state index contributed by atoms with van der Waals surface area (Å²) in [7, 11) is 1.92. The first kappa shape index (κ1) is 16.7. The van der Waals surface area contributed by atoms with Crippen LogP contribution in [0.4, 0.5) is 0 Å². The lowest BCUT2D eigenvalue weighted by molar-refractivity contribution is -0.133. The van der Waals surface area contributed by atoms with Crippen molar-refractivity contribution >= 4 is 18.3 Å². The van der Waals surface area contributed by atoms with Crippen LogP contribution in [0.3, 0.4) is 0 Å². The monoisotopic (exact) mass is 290 g/mol. The Morgan fingerprint density at radius 3 is 2.84 bits per heavy atom. The Bertz CT molecular complexity index is 277. The number of hydrogen-bond donors (Lipinski definition) is 1. The van der Waals surface area contributed by atoms with Crippen molar-refractivity contribution in [1.29, 1.82) is 0 Å². The first-order chi connectivity index (χ1) is 8.68. The second-order valence-corrected chi connectivity index (χ2v) is 5.81. The quantitative estimate of drug-likeness (QED) is 0.856. The van der Waals surface area contributed by atoms with Crippen LogP contribution in [0.25, 0.3) is 0 Å². The summed E-state index contributed by atoms with van der Waals surface area (Å²) in [5.74, 6) is 1.43. The van der Waals surface area contributed by atoms with Gasteiger partial charge < -0.3 is 15.0 Å². The second-order valence-electron chi connectivity index (χ2n) is 5.81. The maximum Gasteiger partial charge on any atom is 0.222 e. The topological polar surface area (TPSA) is 41.6 Å². The van der Waals surface area contributed by atoms with Crippen LogP contribution in [0.5, 0.6) is 0 Å². The molecule has 0 aromatic carbocycles. The van der Waals surface area contributed by atoms with E-state index in [4.69, 9.17) is 4.74 Å². The van der Waals surface area contributed by atoms with Gasteiger partial charge in [-0.15, -0.1) is 12.4 Å². The Morgan fingerprint density at radius 1 is 1.47 bits per heavy atom. The smallest absolute Gasteiger partial charge is 0.222 e. The summed E-state index contributed by atoms with van der Waals surface area (Å²) in [6, 6.07) is 0.300. The van der Waals surface area contributed by atoms with Crippen LogP contribution in [0.2, 0.25) is 0 Å². The summed E-state index contributed by atoms with van der Waals surface area (Å²) in [6.07, 6.45) is 4.17. The molecule has 0 aromatic heterocycles. The third kappa shape index (κ3) is 4.62. The van der Waals surface area contributed by atoms with Gasteiger partial charge in [-0.3, -0.25) is 4.79 Å². The van der Waals surface area contributed by atoms with Crippen LogP contribution in [0.1, 0.15) is 32.6 Å². The van der Waals surface area contributed by atoms with Crippen molar-refractivity contribution in [1.82, 2.24) is 10.2 Å². The average Bonchev–Trinajstić information content (AvgIpc) is 2.92. The molecule has 0 saturated carbocycles. The molecule has 2 rings (SSSR count). The van der Waals surface area contributed by atoms with E-state index < -0.39 is 0 Å². The Hall–Kier alpha value is -0.320. The molecule has 0 spiro atoms. The van der Waals surface area contributed by atoms with Crippen molar-refractivity contribution in [3.63, 3.8) is 0 Å². The summed E-state index contributed by atoms with van der Waals surface area (Å²) >= 11 is 0. The molecule has 2 aliphatic heterocycles. The molecule has 4 nitrogen and oxygen atoms in total. The zero-order chi connectivity index (χ0) is 13.0. The average molecular weight is 291 g/mol. The van der Waals surface area contributed by atoms with Gasteiger partial charge in [0.15, 0.2) is 0 Å². The molecule has 0 aromatic rings. The number of carbonyl (C=O) groups excluding carboxylic acids is 1. The molecule has 2 heterocycles. The summed E-state index contributed by atoms with van der Waals surface area (Å²) in [4.78, 5) is 14.1. The molecule has 5 heteroatoms. The second kappa shape index (κ2) is 8.08. The number of carbonyl (C=O) groups is 1. The lowest BCUT2D eigenvalue weighted by Gasteiger charge is -2.30. The number of amides is 1. The highest BCUT2D eigenvalue weighted by atomic mass is 35.5. The lowest BCUT2D eigenvalue weighted by Crippen LogP contribution is -2.40. The zero-order valence-electron chi connectivity index (χ0n) is 12.1. The SMILES string of the molecule is CC(CC(=O)N(C)C1CCOC1)C1CCCNC1.Cl. The molecule has 2 fully saturated rings. The van der Waals surface area contributed by atoms with Gasteiger partial charge in [-0.1, -0.05) is 6.92 Å². The first-order valence-corrected chi connectivity index (χ1v) is 7.22. The standard InChI is InChI=1S/C14H26N2O2.ClH/c1-11(12-4-3-6-15-9-12)8-14(17)16(2)13-5-7-18-10-13;/h11-13,15H,3-10H2,1-2H3;1H. The highest BCUT2D eigenvalue weighted by Crippen LogP contribution is 2.24. The van der Waals surface area contributed by atoms with E-state index in [9.17, 15) is 4.79 Å². The number of nitrogens with zero attached hydrogens (tertiary/aromatic N) is 1. The number of ether oxygens (including phenoxy) is 1. The zero-order valence-corrected chi connectivity index (χ0v) is 12.9. The lowest BCUT2D eigenvalue weighted by atomic mass is 9.85. The Labute approximate surface area is 122 Å². The fourth-order valence-corrected chi connectivity index (χ4v) is 2.98. The molecule has 2 aliphatic rings. The highest BCUT2D eigenvalue weighted by molar-refractivity contribution is 5.85. The van der Waals surface area contributed by atoms with Gasteiger partial charge in [-0.05, 0) is 44.2 Å². The van der Waals surface area contributed by atoms with E-state index in [2.05, 4.69) is 12.2 Å². The maximum absolute atomic E-state index is 12.2. The number of piperidine rings is 1. The van der Waals surface area contributed by atoms with Crippen LogP contribution in [-0.4, -0.2) is 50.2 Å². The third-order valence-corrected chi connectivity index (χ3v) is 4.48. The minimum absolute atomic E-state index is 0. The van der Waals surface area contributed by atoms with Gasteiger partial charge in [-0.2, -0.15) is 0 Å². The van der Waals surface area contributed by atoms with Crippen molar-refractivity contribution in [2.75, 3.05) is 33.4 Å². The summed E-state index contributed by atoms with van der Waals surface area (Å²) in [6.45, 7) is 5.93. The minimum atomic E-state index is 0. The van der Waals surface area contributed by atoms with Gasteiger partial charge >= 0.3 is 0 Å². The molecule has 0 radical (unpaired) electrons. The predicted octanol–water partition coefficient (Wildman–Crippen LogP) is 1.68. The van der Waals surface area contributed by atoms with E-state index in [-0.39, 0.29) is 18.3 Å². The van der Waals surface area contributed by atoms with E-state index in [1.165, 1.54) is 12.8 Å². The van der Waals surface area contributed by atoms with Crippen LogP contribution < -0.4 is 5.32 Å². The molecular formula is C14H27ClN2O2. The number of likely N-dealkylation sites (N-methyl/N-ethyl adjacent to an activating group) is 1. The van der Waals surface area contributed by atoms with Crippen molar-refractivity contribution < 1.29 is 9.53 Å². The van der Waals surface area contributed by atoms with Gasteiger partial charge in [0.25, 0.3) is 0 Å².